The van der Waals surface area contributed by atoms with Crippen LogP contribution in [0.1, 0.15) is 265 Å². The Kier molecular flexibility index (Phi) is 49.3. The van der Waals surface area contributed by atoms with Crippen LogP contribution >= 0.6 is 7.82 Å². The Bertz CT molecular complexity index is 1280. The van der Waals surface area contributed by atoms with Gasteiger partial charge in [0.15, 0.2) is 6.10 Å². The molecule has 0 bridgehead atoms. The fourth-order valence-electron chi connectivity index (χ4n) is 7.78. The summed E-state index contributed by atoms with van der Waals surface area (Å²) >= 11 is 0. The van der Waals surface area contributed by atoms with Crippen molar-refractivity contribution >= 4 is 25.7 Å². The molecule has 0 aromatic rings. The maximum atomic E-state index is 12.8. The van der Waals surface area contributed by atoms with Gasteiger partial charge in [-0.05, 0) is 57.8 Å². The predicted octanol–water partition coefficient (Wildman–Crippen LogP) is 16.0. The molecule has 3 unspecified atom stereocenters. The van der Waals surface area contributed by atoms with E-state index in [4.69, 9.17) is 23.3 Å². The summed E-state index contributed by atoms with van der Waals surface area (Å²) in [5, 5.41) is 9.77. The molecule has 0 saturated heterocycles. The first-order valence-electron chi connectivity index (χ1n) is 27.9. The van der Waals surface area contributed by atoms with Crippen molar-refractivity contribution < 1.29 is 52.2 Å². The van der Waals surface area contributed by atoms with Crippen LogP contribution in [0, 0.1) is 0 Å². The lowest BCUT2D eigenvalue weighted by Crippen LogP contribution is -2.30. The van der Waals surface area contributed by atoms with E-state index in [1.54, 1.807) is 0 Å². The fourth-order valence-corrected chi connectivity index (χ4v) is 8.56. The van der Waals surface area contributed by atoms with E-state index in [9.17, 15) is 28.9 Å². The highest BCUT2D eigenvalue weighted by Crippen LogP contribution is 2.43. The summed E-state index contributed by atoms with van der Waals surface area (Å²) in [7, 11) is -4.74. The third-order valence-corrected chi connectivity index (χ3v) is 13.0. The molecule has 0 aliphatic rings. The molecule has 0 fully saturated rings. The van der Waals surface area contributed by atoms with Crippen LogP contribution in [0.15, 0.2) is 36.5 Å². The molecule has 0 radical (unpaired) electrons. The van der Waals surface area contributed by atoms with Gasteiger partial charge in [0.2, 0.25) is 0 Å². The van der Waals surface area contributed by atoms with Gasteiger partial charge in [-0.15, -0.1) is 0 Å². The number of hydrogen-bond acceptors (Lipinski definition) is 10. The molecular formula is C56H103O11P. The number of aliphatic hydroxyl groups is 1. The Balaban J connectivity index is 4.68. The molecule has 0 aliphatic heterocycles. The molecule has 12 heteroatoms. The summed E-state index contributed by atoms with van der Waals surface area (Å²) in [5.41, 5.74) is 0. The van der Waals surface area contributed by atoms with Gasteiger partial charge in [-0.3, -0.25) is 23.4 Å². The van der Waals surface area contributed by atoms with Gasteiger partial charge >= 0.3 is 25.7 Å². The Morgan fingerprint density at radius 1 is 0.412 bits per heavy atom. The molecule has 68 heavy (non-hydrogen) atoms. The van der Waals surface area contributed by atoms with Crippen molar-refractivity contribution in [1.82, 2.24) is 0 Å². The van der Waals surface area contributed by atoms with E-state index in [-0.39, 0.29) is 25.9 Å². The number of phosphoric acid groups is 1. The number of aliphatic hydroxyl groups excluding tert-OH is 1. The van der Waals surface area contributed by atoms with Crippen molar-refractivity contribution in [1.29, 1.82) is 0 Å². The monoisotopic (exact) mass is 983 g/mol. The molecule has 0 rings (SSSR count). The highest BCUT2D eigenvalue weighted by Gasteiger charge is 2.28. The first-order valence-corrected chi connectivity index (χ1v) is 29.4. The summed E-state index contributed by atoms with van der Waals surface area (Å²) in [6.45, 7) is 4.61. The lowest BCUT2D eigenvalue weighted by atomic mass is 10.1. The van der Waals surface area contributed by atoms with E-state index in [1.165, 1.54) is 116 Å². The molecule has 0 heterocycles. The Labute approximate surface area is 416 Å². The van der Waals surface area contributed by atoms with Crippen LogP contribution in [-0.4, -0.2) is 66.5 Å². The number of ether oxygens (including phenoxy) is 3. The average molecular weight is 983 g/mol. The number of hydrogen-bond donors (Lipinski definition) is 2. The third-order valence-electron chi connectivity index (χ3n) is 12.1. The topological polar surface area (TPSA) is 155 Å². The van der Waals surface area contributed by atoms with E-state index in [1.807, 2.05) is 0 Å². The first kappa shape index (κ1) is 65.7. The Hall–Kier alpha value is -2.30. The number of carbonyl (C=O) groups excluding carboxylic acids is 3. The van der Waals surface area contributed by atoms with Crippen molar-refractivity contribution in [3.05, 3.63) is 36.5 Å². The standard InChI is InChI=1S/C56H103O11P/c1-4-7-10-13-16-19-22-23-24-25-26-27-28-29-32-33-36-39-42-45-54(58)63-49-53(67-56(60)47-44-41-38-35-31-21-18-15-12-9-6-3)51-65-68(61,62)64-50-52(48-57)66-55(59)46-43-40-37-34-30-20-17-14-11-8-5-2/h16,19,23-24,26-27,52-53,57H,4-15,17-18,20-22,25,28-51H2,1-3H3,(H,61,62)/b19-16-,24-23-,27-26-. The minimum Gasteiger partial charge on any atom is -0.462 e. The van der Waals surface area contributed by atoms with Crippen LogP contribution in [0.2, 0.25) is 0 Å². The van der Waals surface area contributed by atoms with Crippen LogP contribution in [0.3, 0.4) is 0 Å². The van der Waals surface area contributed by atoms with Crippen molar-refractivity contribution in [3.63, 3.8) is 0 Å². The molecule has 0 aromatic carbocycles. The quantitative estimate of drug-likeness (QED) is 0.0197. The number of unbranched alkanes of at least 4 members (excludes halogenated alkanes) is 29. The second kappa shape index (κ2) is 51.1. The zero-order valence-electron chi connectivity index (χ0n) is 43.8. The number of esters is 3. The molecule has 398 valence electrons. The first-order chi connectivity index (χ1) is 33.2. The predicted molar refractivity (Wildman–Crippen MR) is 279 cm³/mol. The average Bonchev–Trinajstić information content (AvgIpc) is 3.32. The number of carbonyl (C=O) groups is 3. The molecule has 3 atom stereocenters. The molecule has 2 N–H and O–H groups in total. The van der Waals surface area contributed by atoms with Gasteiger partial charge < -0.3 is 24.2 Å². The smallest absolute Gasteiger partial charge is 0.462 e. The second-order valence-electron chi connectivity index (χ2n) is 18.8. The number of rotatable bonds is 52. The zero-order valence-corrected chi connectivity index (χ0v) is 44.7. The number of allylic oxidation sites excluding steroid dienone is 6. The minimum absolute atomic E-state index is 0.169. The van der Waals surface area contributed by atoms with Gasteiger partial charge in [0.25, 0.3) is 0 Å². The van der Waals surface area contributed by atoms with Crippen molar-refractivity contribution in [3.8, 4) is 0 Å². The van der Waals surface area contributed by atoms with Crippen molar-refractivity contribution in [2.24, 2.45) is 0 Å². The third kappa shape index (κ3) is 48.7. The van der Waals surface area contributed by atoms with Crippen LogP contribution < -0.4 is 0 Å². The molecule has 0 amide bonds. The Morgan fingerprint density at radius 3 is 1.13 bits per heavy atom. The van der Waals surface area contributed by atoms with Gasteiger partial charge in [-0.2, -0.15) is 0 Å². The van der Waals surface area contributed by atoms with E-state index < -0.39 is 57.8 Å². The van der Waals surface area contributed by atoms with E-state index >= 15 is 0 Å². The molecule has 0 saturated carbocycles. The minimum atomic E-state index is -4.74. The maximum Gasteiger partial charge on any atom is 0.472 e. The lowest BCUT2D eigenvalue weighted by Gasteiger charge is -2.21. The van der Waals surface area contributed by atoms with E-state index in [0.717, 1.165) is 89.9 Å². The summed E-state index contributed by atoms with van der Waals surface area (Å²) in [6, 6.07) is 0. The van der Waals surface area contributed by atoms with E-state index in [2.05, 4.69) is 57.2 Å². The van der Waals surface area contributed by atoms with Crippen LogP contribution in [0.5, 0.6) is 0 Å². The lowest BCUT2D eigenvalue weighted by molar-refractivity contribution is -0.161. The second-order valence-corrected chi connectivity index (χ2v) is 20.2. The van der Waals surface area contributed by atoms with Gasteiger partial charge in [0, 0.05) is 19.3 Å². The van der Waals surface area contributed by atoms with Gasteiger partial charge in [0.05, 0.1) is 19.8 Å². The largest absolute Gasteiger partial charge is 0.472 e. The van der Waals surface area contributed by atoms with Crippen LogP contribution in [0.4, 0.5) is 0 Å². The molecule has 0 aliphatic carbocycles. The molecule has 0 aromatic heterocycles. The SMILES string of the molecule is CCCCC/C=C\C/C=C\C/C=C\CCCCCCCCC(=O)OCC(COP(=O)(O)OCC(CO)OC(=O)CCCCCCCCCCCCC)OC(=O)CCCCCCCCCCCCC. The summed E-state index contributed by atoms with van der Waals surface area (Å²) in [5.74, 6) is -1.46. The van der Waals surface area contributed by atoms with Gasteiger partial charge in [-0.25, -0.2) is 4.57 Å². The highest BCUT2D eigenvalue weighted by atomic mass is 31.2. The summed E-state index contributed by atoms with van der Waals surface area (Å²) in [6.07, 6.45) is 51.1. The normalized spacial score (nSPS) is 13.7. The van der Waals surface area contributed by atoms with Crippen LogP contribution in [0.25, 0.3) is 0 Å². The van der Waals surface area contributed by atoms with Crippen LogP contribution in [-0.2, 0) is 42.2 Å². The van der Waals surface area contributed by atoms with Crippen molar-refractivity contribution in [2.75, 3.05) is 26.4 Å². The molecule has 11 nitrogen and oxygen atoms in total. The maximum absolute atomic E-state index is 12.8. The van der Waals surface area contributed by atoms with E-state index in [0.29, 0.717) is 19.3 Å². The fraction of sp³-hybridized carbons (Fsp3) is 0.839. The number of phosphoric ester groups is 1. The highest BCUT2D eigenvalue weighted by molar-refractivity contribution is 7.47. The Morgan fingerprint density at radius 2 is 0.721 bits per heavy atom. The summed E-state index contributed by atoms with van der Waals surface area (Å²) in [4.78, 5) is 48.3. The van der Waals surface area contributed by atoms with Gasteiger partial charge in [0.1, 0.15) is 12.7 Å². The molecular weight excluding hydrogens is 880 g/mol. The molecule has 0 spiro atoms. The van der Waals surface area contributed by atoms with Gasteiger partial charge in [-0.1, -0.05) is 224 Å². The zero-order chi connectivity index (χ0) is 49.9. The summed E-state index contributed by atoms with van der Waals surface area (Å²) < 4.78 is 39.4. The van der Waals surface area contributed by atoms with Crippen molar-refractivity contribution in [2.45, 2.75) is 277 Å².